The highest BCUT2D eigenvalue weighted by atomic mass is 14.9. The molecule has 0 fully saturated rings. The number of nitrogens with zero attached hydrogens (tertiary/aromatic N) is 1. The SMILES string of the molecule is CCCCCCCC(NCC)C1CCCc2cccnc21. The van der Waals surface area contributed by atoms with E-state index in [-0.39, 0.29) is 0 Å². The molecule has 2 atom stereocenters. The second kappa shape index (κ2) is 9.19. The summed E-state index contributed by atoms with van der Waals surface area (Å²) in [5.74, 6) is 0.626. The van der Waals surface area contributed by atoms with Crippen LogP contribution in [-0.2, 0) is 6.42 Å². The van der Waals surface area contributed by atoms with E-state index in [1.807, 2.05) is 6.20 Å². The van der Waals surface area contributed by atoms with Crippen molar-refractivity contribution in [2.75, 3.05) is 6.54 Å². The van der Waals surface area contributed by atoms with Crippen molar-refractivity contribution in [2.24, 2.45) is 0 Å². The molecule has 21 heavy (non-hydrogen) atoms. The van der Waals surface area contributed by atoms with Gasteiger partial charge in [-0.05, 0) is 43.9 Å². The Kier molecular flexibility index (Phi) is 7.21. The minimum atomic E-state index is 0.616. The molecule has 1 aliphatic carbocycles. The molecule has 0 saturated heterocycles. The van der Waals surface area contributed by atoms with Crippen LogP contribution in [0.2, 0.25) is 0 Å². The van der Waals surface area contributed by atoms with Crippen LogP contribution in [0.5, 0.6) is 0 Å². The fourth-order valence-corrected chi connectivity index (χ4v) is 3.71. The molecule has 0 radical (unpaired) electrons. The summed E-state index contributed by atoms with van der Waals surface area (Å²) in [6.45, 7) is 5.58. The second-order valence-corrected chi connectivity index (χ2v) is 6.41. The zero-order chi connectivity index (χ0) is 14.9. The lowest BCUT2D eigenvalue weighted by Gasteiger charge is -2.32. The maximum atomic E-state index is 4.72. The van der Waals surface area contributed by atoms with Gasteiger partial charge in [0.1, 0.15) is 0 Å². The van der Waals surface area contributed by atoms with Crippen LogP contribution in [0.15, 0.2) is 18.3 Å². The monoisotopic (exact) mass is 288 g/mol. The van der Waals surface area contributed by atoms with Gasteiger partial charge in [-0.2, -0.15) is 0 Å². The van der Waals surface area contributed by atoms with Gasteiger partial charge in [-0.25, -0.2) is 0 Å². The van der Waals surface area contributed by atoms with Crippen LogP contribution in [0.4, 0.5) is 0 Å². The quantitative estimate of drug-likeness (QED) is 0.658. The predicted octanol–water partition coefficient (Wildman–Crippen LogP) is 4.84. The van der Waals surface area contributed by atoms with Gasteiger partial charge in [-0.3, -0.25) is 4.98 Å². The Balaban J connectivity index is 1.95. The number of hydrogen-bond donors (Lipinski definition) is 1. The Morgan fingerprint density at radius 3 is 2.90 bits per heavy atom. The Labute approximate surface area is 130 Å². The molecule has 1 heterocycles. The first-order valence-electron chi connectivity index (χ1n) is 9.04. The summed E-state index contributed by atoms with van der Waals surface area (Å²) < 4.78 is 0. The van der Waals surface area contributed by atoms with Crippen molar-refractivity contribution in [3.05, 3.63) is 29.6 Å². The molecule has 2 nitrogen and oxygen atoms in total. The highest BCUT2D eigenvalue weighted by Gasteiger charge is 2.28. The van der Waals surface area contributed by atoms with Crippen LogP contribution in [0.3, 0.4) is 0 Å². The highest BCUT2D eigenvalue weighted by molar-refractivity contribution is 5.27. The first kappa shape index (κ1) is 16.5. The minimum Gasteiger partial charge on any atom is -0.314 e. The van der Waals surface area contributed by atoms with Crippen LogP contribution < -0.4 is 5.32 Å². The van der Waals surface area contributed by atoms with Gasteiger partial charge in [0.25, 0.3) is 0 Å². The molecule has 0 bridgehead atoms. The number of rotatable bonds is 9. The Hall–Kier alpha value is -0.890. The number of aryl methyl sites for hydroxylation is 1. The number of likely N-dealkylation sites (N-methyl/N-ethyl adjacent to an activating group) is 1. The molecular weight excluding hydrogens is 256 g/mol. The highest BCUT2D eigenvalue weighted by Crippen LogP contribution is 2.34. The van der Waals surface area contributed by atoms with Gasteiger partial charge in [0, 0.05) is 23.9 Å². The average Bonchev–Trinajstić information content (AvgIpc) is 2.53. The molecule has 118 valence electrons. The van der Waals surface area contributed by atoms with Gasteiger partial charge in [0.05, 0.1) is 0 Å². The van der Waals surface area contributed by atoms with Gasteiger partial charge in [-0.1, -0.05) is 52.0 Å². The Morgan fingerprint density at radius 2 is 2.10 bits per heavy atom. The minimum absolute atomic E-state index is 0.616. The van der Waals surface area contributed by atoms with Crippen molar-refractivity contribution in [3.63, 3.8) is 0 Å². The lowest BCUT2D eigenvalue weighted by atomic mass is 9.80. The van der Waals surface area contributed by atoms with Crippen molar-refractivity contribution < 1.29 is 0 Å². The summed E-state index contributed by atoms with van der Waals surface area (Å²) >= 11 is 0. The molecule has 0 aliphatic heterocycles. The van der Waals surface area contributed by atoms with Gasteiger partial charge in [-0.15, -0.1) is 0 Å². The molecule has 1 aliphatic rings. The zero-order valence-electron chi connectivity index (χ0n) is 13.9. The first-order chi connectivity index (χ1) is 10.4. The summed E-state index contributed by atoms with van der Waals surface area (Å²) in [5, 5.41) is 3.74. The van der Waals surface area contributed by atoms with E-state index in [9.17, 15) is 0 Å². The smallest absolute Gasteiger partial charge is 0.0481 e. The zero-order valence-corrected chi connectivity index (χ0v) is 13.9. The van der Waals surface area contributed by atoms with Gasteiger partial charge < -0.3 is 5.32 Å². The fourth-order valence-electron chi connectivity index (χ4n) is 3.71. The van der Waals surface area contributed by atoms with Crippen molar-refractivity contribution in [2.45, 2.75) is 83.6 Å². The summed E-state index contributed by atoms with van der Waals surface area (Å²) in [4.78, 5) is 4.72. The number of nitrogens with one attached hydrogen (secondary N) is 1. The third-order valence-corrected chi connectivity index (χ3v) is 4.81. The molecule has 0 amide bonds. The van der Waals surface area contributed by atoms with E-state index in [2.05, 4.69) is 31.3 Å². The topological polar surface area (TPSA) is 24.9 Å². The van der Waals surface area contributed by atoms with E-state index < -0.39 is 0 Å². The van der Waals surface area contributed by atoms with Gasteiger partial charge in [0.15, 0.2) is 0 Å². The van der Waals surface area contributed by atoms with Crippen LogP contribution >= 0.6 is 0 Å². The summed E-state index contributed by atoms with van der Waals surface area (Å²) in [7, 11) is 0. The third kappa shape index (κ3) is 4.81. The van der Waals surface area contributed by atoms with Crippen LogP contribution in [0, 0.1) is 0 Å². The molecule has 0 saturated carbocycles. The molecular formula is C19H32N2. The van der Waals surface area contributed by atoms with Gasteiger partial charge >= 0.3 is 0 Å². The van der Waals surface area contributed by atoms with E-state index in [1.54, 1.807) is 0 Å². The number of aromatic nitrogens is 1. The third-order valence-electron chi connectivity index (χ3n) is 4.81. The Morgan fingerprint density at radius 1 is 1.24 bits per heavy atom. The van der Waals surface area contributed by atoms with E-state index in [4.69, 9.17) is 4.98 Å². The number of fused-ring (bicyclic) bond motifs is 1. The fraction of sp³-hybridized carbons (Fsp3) is 0.737. The molecule has 2 unspecified atom stereocenters. The van der Waals surface area contributed by atoms with Crippen molar-refractivity contribution in [3.8, 4) is 0 Å². The molecule has 2 rings (SSSR count). The maximum absolute atomic E-state index is 4.72. The Bertz CT molecular complexity index is 402. The number of pyridine rings is 1. The largest absolute Gasteiger partial charge is 0.314 e. The van der Waals surface area contributed by atoms with Crippen LogP contribution in [-0.4, -0.2) is 17.6 Å². The molecule has 1 aromatic rings. The summed E-state index contributed by atoms with van der Waals surface area (Å²) in [5.41, 5.74) is 2.87. The second-order valence-electron chi connectivity index (χ2n) is 6.41. The maximum Gasteiger partial charge on any atom is 0.0481 e. The average molecular weight is 288 g/mol. The number of hydrogen-bond acceptors (Lipinski definition) is 2. The standard InChI is InChI=1S/C19H32N2/c1-3-5-6-7-8-14-18(20-4-2)17-13-9-11-16-12-10-15-21-19(16)17/h10,12,15,17-18,20H,3-9,11,13-14H2,1-2H3. The summed E-state index contributed by atoms with van der Waals surface area (Å²) in [6, 6.07) is 4.98. The van der Waals surface area contributed by atoms with Crippen molar-refractivity contribution in [1.29, 1.82) is 0 Å². The van der Waals surface area contributed by atoms with E-state index in [0.29, 0.717) is 12.0 Å². The molecule has 1 aromatic heterocycles. The van der Waals surface area contributed by atoms with Crippen molar-refractivity contribution in [1.82, 2.24) is 10.3 Å². The molecule has 2 heteroatoms. The lowest BCUT2D eigenvalue weighted by molar-refractivity contribution is 0.361. The van der Waals surface area contributed by atoms with Crippen LogP contribution in [0.25, 0.3) is 0 Å². The molecule has 0 spiro atoms. The van der Waals surface area contributed by atoms with E-state index in [1.165, 1.54) is 69.0 Å². The normalized spacial score (nSPS) is 19.2. The molecule has 1 N–H and O–H groups in total. The molecule has 0 aromatic carbocycles. The van der Waals surface area contributed by atoms with E-state index >= 15 is 0 Å². The lowest BCUT2D eigenvalue weighted by Crippen LogP contribution is -2.37. The number of unbranched alkanes of at least 4 members (excludes halogenated alkanes) is 4. The van der Waals surface area contributed by atoms with Crippen LogP contribution in [0.1, 0.15) is 82.4 Å². The van der Waals surface area contributed by atoms with E-state index in [0.717, 1.165) is 6.54 Å². The van der Waals surface area contributed by atoms with Gasteiger partial charge in [0.2, 0.25) is 0 Å². The summed E-state index contributed by atoms with van der Waals surface area (Å²) in [6.07, 6.45) is 14.0. The predicted molar refractivity (Wildman–Crippen MR) is 90.8 cm³/mol. The van der Waals surface area contributed by atoms with Crippen molar-refractivity contribution >= 4 is 0 Å². The first-order valence-corrected chi connectivity index (χ1v) is 9.04.